The fraction of sp³-hybridized carbons (Fsp3) is 0.583. The number of halogens is 2. The van der Waals surface area contributed by atoms with Gasteiger partial charge >= 0.3 is 0 Å². The third-order valence-electron chi connectivity index (χ3n) is 6.54. The molecule has 1 atom stereocenters. The fourth-order valence-corrected chi connectivity index (χ4v) is 4.78. The van der Waals surface area contributed by atoms with E-state index in [-0.39, 0.29) is 24.7 Å². The summed E-state index contributed by atoms with van der Waals surface area (Å²) in [4.78, 5) is 11.3. The highest BCUT2D eigenvalue weighted by atomic mass is 19.3. The van der Waals surface area contributed by atoms with E-state index in [0.29, 0.717) is 18.9 Å². The highest BCUT2D eigenvalue weighted by molar-refractivity contribution is 6.04. The maximum Gasteiger partial charge on any atom is 0.248 e. The molecule has 8 heteroatoms. The van der Waals surface area contributed by atoms with E-state index in [0.717, 1.165) is 53.8 Å². The lowest BCUT2D eigenvalue weighted by molar-refractivity contribution is -0.0414. The van der Waals surface area contributed by atoms with Gasteiger partial charge in [-0.05, 0) is 57.7 Å². The van der Waals surface area contributed by atoms with E-state index in [2.05, 4.69) is 21.3 Å². The van der Waals surface area contributed by atoms with Gasteiger partial charge in [-0.2, -0.15) is 0 Å². The fourth-order valence-electron chi connectivity index (χ4n) is 4.78. The van der Waals surface area contributed by atoms with Crippen LogP contribution in [0.2, 0.25) is 0 Å². The molecule has 0 radical (unpaired) electrons. The molecule has 1 saturated heterocycles. The number of benzene rings is 1. The molecule has 2 fully saturated rings. The summed E-state index contributed by atoms with van der Waals surface area (Å²) in [7, 11) is 0. The van der Waals surface area contributed by atoms with Gasteiger partial charge < -0.3 is 21.1 Å². The van der Waals surface area contributed by atoms with Crippen molar-refractivity contribution in [1.29, 1.82) is 0 Å². The number of nitrogens with two attached hydrogens (primary N) is 1. The first-order chi connectivity index (χ1) is 15.2. The molecule has 0 bridgehead atoms. The molecular formula is C24H33F2N5O. The van der Waals surface area contributed by atoms with Crippen LogP contribution in [0.3, 0.4) is 0 Å². The van der Waals surface area contributed by atoms with Crippen molar-refractivity contribution in [2.45, 2.75) is 76.6 Å². The number of rotatable bonds is 5. The van der Waals surface area contributed by atoms with Crippen molar-refractivity contribution >= 4 is 22.6 Å². The van der Waals surface area contributed by atoms with Gasteiger partial charge in [0.25, 0.3) is 0 Å². The molecule has 4 rings (SSSR count). The van der Waals surface area contributed by atoms with Gasteiger partial charge in [0, 0.05) is 43.4 Å². The molecule has 4 N–H and O–H groups in total. The number of aliphatic imine (C=N–C) groups is 1. The number of amidine groups is 1. The molecule has 0 spiro atoms. The number of anilines is 1. The highest BCUT2D eigenvalue weighted by Gasteiger charge is 2.36. The summed E-state index contributed by atoms with van der Waals surface area (Å²) < 4.78 is 26.9. The van der Waals surface area contributed by atoms with Gasteiger partial charge in [-0.15, -0.1) is 0 Å². The quantitative estimate of drug-likeness (QED) is 0.482. The standard InChI is InChI=1S/C24H33F2N5O/c1-15-3-4-21-17(13-15)14-20(22(27)28-16(2)32)23(30-21)31-11-7-19(8-12-31)29-18-5-9-24(25,26)10-6-18/h3-4,13-14,16,18-19,29,32H,5-12H2,1-2H3,(H2,27,28). The van der Waals surface area contributed by atoms with Crippen molar-refractivity contribution in [3.05, 3.63) is 35.4 Å². The summed E-state index contributed by atoms with van der Waals surface area (Å²) in [5.41, 5.74) is 9.01. The van der Waals surface area contributed by atoms with E-state index in [9.17, 15) is 13.9 Å². The number of nitrogens with one attached hydrogen (secondary N) is 1. The number of alkyl halides is 2. The van der Waals surface area contributed by atoms with Crippen LogP contribution in [0.25, 0.3) is 10.9 Å². The summed E-state index contributed by atoms with van der Waals surface area (Å²) >= 11 is 0. The first-order valence-corrected chi connectivity index (χ1v) is 11.5. The average molecular weight is 446 g/mol. The maximum atomic E-state index is 13.4. The summed E-state index contributed by atoms with van der Waals surface area (Å²) in [5.74, 6) is -1.44. The number of aryl methyl sites for hydroxylation is 1. The number of nitrogens with zero attached hydrogens (tertiary/aromatic N) is 3. The molecule has 32 heavy (non-hydrogen) atoms. The molecule has 6 nitrogen and oxygen atoms in total. The third kappa shape index (κ3) is 5.35. The number of piperidine rings is 1. The largest absolute Gasteiger partial charge is 0.383 e. The predicted molar refractivity (Wildman–Crippen MR) is 124 cm³/mol. The molecule has 0 amide bonds. The highest BCUT2D eigenvalue weighted by Crippen LogP contribution is 2.34. The Hall–Kier alpha value is -2.32. The Morgan fingerprint density at radius 3 is 2.50 bits per heavy atom. The van der Waals surface area contributed by atoms with Gasteiger partial charge in [-0.1, -0.05) is 11.6 Å². The number of fused-ring (bicyclic) bond motifs is 1. The average Bonchev–Trinajstić information content (AvgIpc) is 2.74. The first-order valence-electron chi connectivity index (χ1n) is 11.5. The zero-order valence-corrected chi connectivity index (χ0v) is 18.8. The van der Waals surface area contributed by atoms with Crippen LogP contribution in [0, 0.1) is 6.92 Å². The van der Waals surface area contributed by atoms with Gasteiger partial charge in [0.1, 0.15) is 17.9 Å². The monoisotopic (exact) mass is 445 g/mol. The van der Waals surface area contributed by atoms with Gasteiger partial charge in [-0.25, -0.2) is 18.8 Å². The van der Waals surface area contributed by atoms with Crippen LogP contribution < -0.4 is 16.0 Å². The van der Waals surface area contributed by atoms with E-state index in [1.54, 1.807) is 6.92 Å². The van der Waals surface area contributed by atoms with Crippen molar-refractivity contribution in [3.63, 3.8) is 0 Å². The normalized spacial score (nSPS) is 21.8. The lowest BCUT2D eigenvalue weighted by Gasteiger charge is -2.37. The molecule has 1 aliphatic heterocycles. The van der Waals surface area contributed by atoms with Crippen LogP contribution in [-0.4, -0.2) is 53.2 Å². The van der Waals surface area contributed by atoms with Crippen LogP contribution in [0.4, 0.5) is 14.6 Å². The van der Waals surface area contributed by atoms with Gasteiger partial charge in [0.05, 0.1) is 11.1 Å². The summed E-state index contributed by atoms with van der Waals surface area (Å²) in [6.45, 7) is 5.19. The third-order valence-corrected chi connectivity index (χ3v) is 6.54. The van der Waals surface area contributed by atoms with E-state index in [1.807, 2.05) is 25.1 Å². The molecule has 1 saturated carbocycles. The Morgan fingerprint density at radius 2 is 1.84 bits per heavy atom. The Bertz CT molecular complexity index is 976. The van der Waals surface area contributed by atoms with Gasteiger partial charge in [0.15, 0.2) is 0 Å². The topological polar surface area (TPSA) is 86.8 Å². The molecular weight excluding hydrogens is 412 g/mol. The van der Waals surface area contributed by atoms with Crippen molar-refractivity contribution in [2.24, 2.45) is 10.7 Å². The van der Waals surface area contributed by atoms with Crippen LogP contribution in [0.1, 0.15) is 56.6 Å². The Balaban J connectivity index is 1.50. The van der Waals surface area contributed by atoms with Gasteiger partial charge in [-0.3, -0.25) is 0 Å². The van der Waals surface area contributed by atoms with Crippen molar-refractivity contribution in [3.8, 4) is 0 Å². The van der Waals surface area contributed by atoms with Crippen molar-refractivity contribution in [2.75, 3.05) is 18.0 Å². The van der Waals surface area contributed by atoms with Crippen molar-refractivity contribution < 1.29 is 13.9 Å². The molecule has 174 valence electrons. The smallest absolute Gasteiger partial charge is 0.248 e. The van der Waals surface area contributed by atoms with Gasteiger partial charge in [0.2, 0.25) is 5.92 Å². The summed E-state index contributed by atoms with van der Waals surface area (Å²) in [6.07, 6.45) is 1.96. The minimum absolute atomic E-state index is 0.0186. The second kappa shape index (κ2) is 9.27. The first kappa shape index (κ1) is 22.9. The Labute approximate surface area is 187 Å². The number of aliphatic hydroxyl groups excluding tert-OH is 1. The lowest BCUT2D eigenvalue weighted by Crippen LogP contribution is -2.48. The number of hydrogen-bond donors (Lipinski definition) is 3. The maximum absolute atomic E-state index is 13.4. The molecule has 2 heterocycles. The SMILES string of the molecule is Cc1ccc2nc(N3CCC(NC4CCC(F)(F)CC4)CC3)c(/C(N)=N/C(C)O)cc2c1. The molecule has 2 aliphatic rings. The van der Waals surface area contributed by atoms with Crippen LogP contribution >= 0.6 is 0 Å². The minimum Gasteiger partial charge on any atom is -0.383 e. The second-order valence-electron chi connectivity index (χ2n) is 9.26. The van der Waals surface area contributed by atoms with E-state index in [1.165, 1.54) is 0 Å². The minimum atomic E-state index is -2.49. The van der Waals surface area contributed by atoms with Crippen molar-refractivity contribution in [1.82, 2.24) is 10.3 Å². The number of aromatic nitrogens is 1. The Kier molecular flexibility index (Phi) is 6.62. The molecule has 1 unspecified atom stereocenters. The summed E-state index contributed by atoms with van der Waals surface area (Å²) in [5, 5.41) is 14.3. The molecule has 2 aromatic rings. The van der Waals surface area contributed by atoms with E-state index < -0.39 is 12.2 Å². The zero-order chi connectivity index (χ0) is 22.9. The zero-order valence-electron chi connectivity index (χ0n) is 18.8. The molecule has 1 aromatic heterocycles. The van der Waals surface area contributed by atoms with Crippen LogP contribution in [0.15, 0.2) is 29.3 Å². The molecule has 1 aliphatic carbocycles. The van der Waals surface area contributed by atoms with Crippen LogP contribution in [-0.2, 0) is 0 Å². The molecule has 1 aromatic carbocycles. The predicted octanol–water partition coefficient (Wildman–Crippen LogP) is 3.72. The van der Waals surface area contributed by atoms with Crippen LogP contribution in [0.5, 0.6) is 0 Å². The number of hydrogen-bond acceptors (Lipinski definition) is 5. The second-order valence-corrected chi connectivity index (χ2v) is 9.26. The summed E-state index contributed by atoms with van der Waals surface area (Å²) in [6, 6.07) is 8.60. The lowest BCUT2D eigenvalue weighted by atomic mass is 9.91. The number of aliphatic hydroxyl groups is 1. The van der Waals surface area contributed by atoms with E-state index in [4.69, 9.17) is 10.7 Å². The van der Waals surface area contributed by atoms with E-state index >= 15 is 0 Å². The Morgan fingerprint density at radius 1 is 1.19 bits per heavy atom. The number of pyridine rings is 1.